The van der Waals surface area contributed by atoms with Gasteiger partial charge in [-0.2, -0.15) is 5.26 Å². The number of carboxylic acid groups (broad SMARTS) is 1. The highest BCUT2D eigenvalue weighted by Crippen LogP contribution is 2.17. The molecule has 5 nitrogen and oxygen atoms in total. The van der Waals surface area contributed by atoms with Crippen LogP contribution in [0.4, 0.5) is 0 Å². The number of aliphatic carboxylic acids is 1. The van der Waals surface area contributed by atoms with Crippen LogP contribution in [0.2, 0.25) is 0 Å². The second-order valence-electron chi connectivity index (χ2n) is 5.15. The molecule has 0 aliphatic heterocycles. The lowest BCUT2D eigenvalue weighted by Gasteiger charge is -2.34. The van der Waals surface area contributed by atoms with Crippen molar-refractivity contribution >= 4 is 11.9 Å². The second-order valence-corrected chi connectivity index (χ2v) is 5.15. The standard InChI is InChI=1S/C14H16N2O3/c1-14(2,3)16(9-12(17)18)13(19)11-6-4-5-10(7-11)8-15/h4-7H,9H2,1-3H3,(H,17,18). The fourth-order valence-corrected chi connectivity index (χ4v) is 1.63. The van der Waals surface area contributed by atoms with Crippen molar-refractivity contribution in [1.82, 2.24) is 4.90 Å². The maximum absolute atomic E-state index is 12.3. The van der Waals surface area contributed by atoms with Gasteiger partial charge in [0.2, 0.25) is 0 Å². The van der Waals surface area contributed by atoms with Gasteiger partial charge >= 0.3 is 5.97 Å². The molecule has 0 unspecified atom stereocenters. The normalized spacial score (nSPS) is 10.6. The van der Waals surface area contributed by atoms with E-state index in [9.17, 15) is 9.59 Å². The average Bonchev–Trinajstić information content (AvgIpc) is 2.33. The van der Waals surface area contributed by atoms with Gasteiger partial charge in [0.1, 0.15) is 6.54 Å². The number of benzene rings is 1. The SMILES string of the molecule is CC(C)(C)N(CC(=O)O)C(=O)c1cccc(C#N)c1. The van der Waals surface area contributed by atoms with Crippen molar-refractivity contribution in [2.45, 2.75) is 26.3 Å². The van der Waals surface area contributed by atoms with Gasteiger partial charge in [-0.15, -0.1) is 0 Å². The first-order valence-electron chi connectivity index (χ1n) is 5.79. The molecular weight excluding hydrogens is 244 g/mol. The zero-order chi connectivity index (χ0) is 14.6. The molecule has 0 saturated carbocycles. The quantitative estimate of drug-likeness (QED) is 0.899. The number of nitriles is 1. The van der Waals surface area contributed by atoms with E-state index in [1.807, 2.05) is 6.07 Å². The largest absolute Gasteiger partial charge is 0.480 e. The first kappa shape index (κ1) is 14.7. The summed E-state index contributed by atoms with van der Waals surface area (Å²) in [6, 6.07) is 8.19. The molecule has 0 fully saturated rings. The lowest BCUT2D eigenvalue weighted by Crippen LogP contribution is -2.48. The van der Waals surface area contributed by atoms with E-state index < -0.39 is 17.4 Å². The molecule has 0 atom stereocenters. The van der Waals surface area contributed by atoms with E-state index in [4.69, 9.17) is 10.4 Å². The van der Waals surface area contributed by atoms with Crippen molar-refractivity contribution in [3.05, 3.63) is 35.4 Å². The summed E-state index contributed by atoms with van der Waals surface area (Å²) >= 11 is 0. The molecule has 5 heteroatoms. The lowest BCUT2D eigenvalue weighted by atomic mass is 10.0. The van der Waals surface area contributed by atoms with Crippen LogP contribution in [0.5, 0.6) is 0 Å². The Morgan fingerprint density at radius 3 is 2.47 bits per heavy atom. The summed E-state index contributed by atoms with van der Waals surface area (Å²) in [5.41, 5.74) is 0.0725. The van der Waals surface area contributed by atoms with Crippen LogP contribution in [-0.2, 0) is 4.79 Å². The van der Waals surface area contributed by atoms with E-state index in [1.54, 1.807) is 39.0 Å². The van der Waals surface area contributed by atoms with E-state index in [0.717, 1.165) is 0 Å². The van der Waals surface area contributed by atoms with E-state index in [2.05, 4.69) is 0 Å². The van der Waals surface area contributed by atoms with Crippen LogP contribution >= 0.6 is 0 Å². The summed E-state index contributed by atoms with van der Waals surface area (Å²) in [6.07, 6.45) is 0. The fourth-order valence-electron chi connectivity index (χ4n) is 1.63. The fraction of sp³-hybridized carbons (Fsp3) is 0.357. The predicted octanol–water partition coefficient (Wildman–Crippen LogP) is 1.88. The van der Waals surface area contributed by atoms with Crippen LogP contribution in [0.25, 0.3) is 0 Å². The minimum Gasteiger partial charge on any atom is -0.480 e. The van der Waals surface area contributed by atoms with E-state index in [1.165, 1.54) is 11.0 Å². The molecule has 0 heterocycles. The third kappa shape index (κ3) is 3.81. The first-order chi connectivity index (χ1) is 8.75. The van der Waals surface area contributed by atoms with Crippen LogP contribution in [-0.4, -0.2) is 34.0 Å². The van der Waals surface area contributed by atoms with Crippen molar-refractivity contribution < 1.29 is 14.7 Å². The lowest BCUT2D eigenvalue weighted by molar-refractivity contribution is -0.138. The summed E-state index contributed by atoms with van der Waals surface area (Å²) in [6.45, 7) is 4.92. The van der Waals surface area contributed by atoms with Gasteiger partial charge in [-0.25, -0.2) is 0 Å². The summed E-state index contributed by atoms with van der Waals surface area (Å²) in [7, 11) is 0. The Morgan fingerprint density at radius 1 is 1.37 bits per heavy atom. The number of hydrogen-bond donors (Lipinski definition) is 1. The van der Waals surface area contributed by atoms with Gasteiger partial charge in [0.25, 0.3) is 5.91 Å². The molecule has 1 N–H and O–H groups in total. The van der Waals surface area contributed by atoms with E-state index >= 15 is 0 Å². The van der Waals surface area contributed by atoms with E-state index in [0.29, 0.717) is 11.1 Å². The monoisotopic (exact) mass is 260 g/mol. The van der Waals surface area contributed by atoms with Crippen molar-refractivity contribution in [3.63, 3.8) is 0 Å². The first-order valence-corrected chi connectivity index (χ1v) is 5.79. The molecule has 0 aliphatic rings. The number of amides is 1. The summed E-state index contributed by atoms with van der Waals surface area (Å²) in [5.74, 6) is -1.47. The predicted molar refractivity (Wildman–Crippen MR) is 69.6 cm³/mol. The number of rotatable bonds is 3. The number of carboxylic acids is 1. The minimum atomic E-state index is -1.07. The second kappa shape index (κ2) is 5.53. The molecule has 1 aromatic rings. The average molecular weight is 260 g/mol. The Morgan fingerprint density at radius 2 is 2.00 bits per heavy atom. The number of nitrogens with zero attached hydrogens (tertiary/aromatic N) is 2. The van der Waals surface area contributed by atoms with Crippen LogP contribution in [0.15, 0.2) is 24.3 Å². The summed E-state index contributed by atoms with van der Waals surface area (Å²) in [4.78, 5) is 24.5. The molecule has 0 radical (unpaired) electrons. The Kier molecular flexibility index (Phi) is 4.28. The highest BCUT2D eigenvalue weighted by atomic mass is 16.4. The smallest absolute Gasteiger partial charge is 0.323 e. The molecule has 0 saturated heterocycles. The van der Waals surface area contributed by atoms with Crippen LogP contribution in [0, 0.1) is 11.3 Å². The Balaban J connectivity index is 3.12. The van der Waals surface area contributed by atoms with Gasteiger partial charge < -0.3 is 10.0 Å². The van der Waals surface area contributed by atoms with Gasteiger partial charge in [-0.05, 0) is 39.0 Å². The minimum absolute atomic E-state index is 0.315. The van der Waals surface area contributed by atoms with Crippen molar-refractivity contribution in [1.29, 1.82) is 5.26 Å². The molecule has 0 spiro atoms. The zero-order valence-corrected chi connectivity index (χ0v) is 11.2. The maximum Gasteiger partial charge on any atom is 0.323 e. The van der Waals surface area contributed by atoms with Gasteiger partial charge in [-0.3, -0.25) is 9.59 Å². The van der Waals surface area contributed by atoms with Crippen molar-refractivity contribution in [2.75, 3.05) is 6.54 Å². The van der Waals surface area contributed by atoms with Gasteiger partial charge in [0, 0.05) is 11.1 Å². The number of carbonyl (C=O) groups excluding carboxylic acids is 1. The molecule has 1 amide bonds. The number of carbonyl (C=O) groups is 2. The summed E-state index contributed by atoms with van der Waals surface area (Å²) in [5, 5.41) is 17.7. The molecule has 1 aromatic carbocycles. The third-order valence-electron chi connectivity index (χ3n) is 2.59. The number of hydrogen-bond acceptors (Lipinski definition) is 3. The molecule has 19 heavy (non-hydrogen) atoms. The molecule has 0 aromatic heterocycles. The van der Waals surface area contributed by atoms with Crippen molar-refractivity contribution in [3.8, 4) is 6.07 Å². The molecule has 100 valence electrons. The Hall–Kier alpha value is -2.35. The topological polar surface area (TPSA) is 81.4 Å². The maximum atomic E-state index is 12.3. The van der Waals surface area contributed by atoms with Crippen LogP contribution < -0.4 is 0 Å². The zero-order valence-electron chi connectivity index (χ0n) is 11.2. The van der Waals surface area contributed by atoms with E-state index in [-0.39, 0.29) is 6.54 Å². The molecular formula is C14H16N2O3. The highest BCUT2D eigenvalue weighted by Gasteiger charge is 2.29. The molecule has 0 bridgehead atoms. The Labute approximate surface area is 112 Å². The van der Waals surface area contributed by atoms with Gasteiger partial charge in [-0.1, -0.05) is 6.07 Å². The highest BCUT2D eigenvalue weighted by molar-refractivity contribution is 5.96. The molecule has 1 rings (SSSR count). The summed E-state index contributed by atoms with van der Waals surface area (Å²) < 4.78 is 0. The van der Waals surface area contributed by atoms with Crippen molar-refractivity contribution in [2.24, 2.45) is 0 Å². The van der Waals surface area contributed by atoms with Gasteiger partial charge in [0.05, 0.1) is 11.6 Å². The van der Waals surface area contributed by atoms with Crippen LogP contribution in [0.3, 0.4) is 0 Å². The van der Waals surface area contributed by atoms with Crippen LogP contribution in [0.1, 0.15) is 36.7 Å². The Bertz CT molecular complexity index is 538. The third-order valence-corrected chi connectivity index (χ3v) is 2.59. The van der Waals surface area contributed by atoms with Gasteiger partial charge in [0.15, 0.2) is 0 Å². The molecule has 0 aliphatic carbocycles.